The van der Waals surface area contributed by atoms with Gasteiger partial charge in [-0.05, 0) is 17.7 Å². The Balaban J connectivity index is 2.51. The summed E-state index contributed by atoms with van der Waals surface area (Å²) in [6, 6.07) is 7.73. The lowest BCUT2D eigenvalue weighted by Gasteiger charge is -2.26. The Morgan fingerprint density at radius 2 is 1.76 bits per heavy atom. The molecule has 0 aromatic heterocycles. The van der Waals surface area contributed by atoms with Crippen molar-refractivity contribution < 1.29 is 14.3 Å². The van der Waals surface area contributed by atoms with Crippen molar-refractivity contribution in [2.24, 2.45) is 5.73 Å². The van der Waals surface area contributed by atoms with Crippen molar-refractivity contribution >= 4 is 11.8 Å². The topological polar surface area (TPSA) is 93.5 Å². The predicted octanol–water partition coefficient (Wildman–Crippen LogP) is 0.164. The summed E-state index contributed by atoms with van der Waals surface area (Å²) >= 11 is 0. The summed E-state index contributed by atoms with van der Waals surface area (Å²) in [5.41, 5.74) is 6.02. The molecule has 1 rings (SSSR count). The molecule has 116 valence electrons. The van der Waals surface area contributed by atoms with Gasteiger partial charge in [-0.1, -0.05) is 26.0 Å². The minimum atomic E-state index is -0.348. The van der Waals surface area contributed by atoms with Crippen molar-refractivity contribution in [1.82, 2.24) is 10.6 Å². The molecule has 4 N–H and O–H groups in total. The monoisotopic (exact) mass is 293 g/mol. The van der Waals surface area contributed by atoms with E-state index in [1.54, 1.807) is 7.11 Å². The van der Waals surface area contributed by atoms with Crippen LogP contribution in [0.5, 0.6) is 5.75 Å². The van der Waals surface area contributed by atoms with Gasteiger partial charge in [-0.25, -0.2) is 0 Å². The van der Waals surface area contributed by atoms with E-state index in [0.29, 0.717) is 6.54 Å². The van der Waals surface area contributed by atoms with E-state index in [1.165, 1.54) is 0 Å². The number of hydrogen-bond donors (Lipinski definition) is 3. The second-order valence-corrected chi connectivity index (χ2v) is 5.37. The van der Waals surface area contributed by atoms with Crippen molar-refractivity contribution in [2.45, 2.75) is 19.3 Å². The van der Waals surface area contributed by atoms with Gasteiger partial charge in [0.1, 0.15) is 5.75 Å². The first-order valence-corrected chi connectivity index (χ1v) is 6.77. The first-order chi connectivity index (χ1) is 9.89. The summed E-state index contributed by atoms with van der Waals surface area (Å²) in [6.45, 7) is 4.36. The molecule has 6 nitrogen and oxygen atoms in total. The number of nitrogens with one attached hydrogen (secondary N) is 2. The predicted molar refractivity (Wildman–Crippen MR) is 81.1 cm³/mol. The summed E-state index contributed by atoms with van der Waals surface area (Å²) in [7, 11) is 1.62. The number of ether oxygens (including phenoxy) is 1. The maximum atomic E-state index is 11.7. The molecular weight excluding hydrogens is 270 g/mol. The molecule has 0 saturated carbocycles. The van der Waals surface area contributed by atoms with Gasteiger partial charge < -0.3 is 21.1 Å². The summed E-state index contributed by atoms with van der Waals surface area (Å²) in [6.07, 6.45) is 0. The summed E-state index contributed by atoms with van der Waals surface area (Å²) in [5.74, 6) is 0.209. The number of carbonyl (C=O) groups is 2. The van der Waals surface area contributed by atoms with Crippen LogP contribution >= 0.6 is 0 Å². The first kappa shape index (κ1) is 17.0. The van der Waals surface area contributed by atoms with Gasteiger partial charge >= 0.3 is 0 Å². The van der Waals surface area contributed by atoms with Crippen molar-refractivity contribution in [1.29, 1.82) is 0 Å². The van der Waals surface area contributed by atoms with Gasteiger partial charge in [0.15, 0.2) is 0 Å². The number of nitrogens with two attached hydrogens (primary N) is 1. The Bertz CT molecular complexity index is 483. The molecule has 0 bridgehead atoms. The zero-order valence-electron chi connectivity index (χ0n) is 12.7. The smallest absolute Gasteiger partial charge is 0.239 e. The van der Waals surface area contributed by atoms with Crippen LogP contribution in [0.25, 0.3) is 0 Å². The molecule has 6 heteroatoms. The highest BCUT2D eigenvalue weighted by Crippen LogP contribution is 2.24. The molecule has 0 spiro atoms. The number of carbonyl (C=O) groups excluding carboxylic acids is 2. The second kappa shape index (κ2) is 7.64. The van der Waals surface area contributed by atoms with E-state index in [0.717, 1.165) is 11.3 Å². The van der Waals surface area contributed by atoms with Crippen molar-refractivity contribution in [3.63, 3.8) is 0 Å². The Labute approximate surface area is 125 Å². The Morgan fingerprint density at radius 1 is 1.14 bits per heavy atom. The van der Waals surface area contributed by atoms with Crippen LogP contribution in [0.4, 0.5) is 0 Å². The highest BCUT2D eigenvalue weighted by molar-refractivity contribution is 5.85. The van der Waals surface area contributed by atoms with Crippen molar-refractivity contribution in [3.8, 4) is 5.75 Å². The van der Waals surface area contributed by atoms with Crippen LogP contribution in [-0.4, -0.2) is 38.6 Å². The van der Waals surface area contributed by atoms with E-state index in [-0.39, 0.29) is 30.3 Å². The Kier molecular flexibility index (Phi) is 6.17. The molecule has 0 aliphatic carbocycles. The highest BCUT2D eigenvalue weighted by Gasteiger charge is 2.21. The molecular formula is C15H23N3O3. The van der Waals surface area contributed by atoms with Crippen molar-refractivity contribution in [2.75, 3.05) is 26.7 Å². The molecule has 0 aliphatic rings. The Morgan fingerprint density at radius 3 is 2.29 bits per heavy atom. The second-order valence-electron chi connectivity index (χ2n) is 5.37. The molecule has 0 unspecified atom stereocenters. The maximum absolute atomic E-state index is 11.7. The number of rotatable bonds is 7. The molecule has 0 saturated heterocycles. The van der Waals surface area contributed by atoms with Gasteiger partial charge in [0.05, 0.1) is 20.2 Å². The third-order valence-electron chi connectivity index (χ3n) is 3.23. The van der Waals surface area contributed by atoms with Crippen LogP contribution in [0, 0.1) is 0 Å². The minimum absolute atomic E-state index is 0.0608. The standard InChI is InChI=1S/C15H23N3O3/c1-15(2,11-4-6-12(21-3)7-5-11)10-18-14(20)9-17-13(19)8-16/h4-7H,8-10,16H2,1-3H3,(H,17,19)(H,18,20). The molecule has 1 aromatic rings. The van der Waals surface area contributed by atoms with E-state index >= 15 is 0 Å². The molecule has 0 aliphatic heterocycles. The van der Waals surface area contributed by atoms with Crippen molar-refractivity contribution in [3.05, 3.63) is 29.8 Å². The lowest BCUT2D eigenvalue weighted by Crippen LogP contribution is -2.43. The molecule has 1 aromatic carbocycles. The molecule has 2 amide bonds. The van der Waals surface area contributed by atoms with E-state index in [4.69, 9.17) is 10.5 Å². The zero-order chi connectivity index (χ0) is 15.9. The van der Waals surface area contributed by atoms with E-state index in [2.05, 4.69) is 10.6 Å². The Hall–Kier alpha value is -2.08. The minimum Gasteiger partial charge on any atom is -0.497 e. The van der Waals surface area contributed by atoms with Crippen LogP contribution in [0.15, 0.2) is 24.3 Å². The van der Waals surface area contributed by atoms with Gasteiger partial charge in [0.2, 0.25) is 11.8 Å². The van der Waals surface area contributed by atoms with E-state index < -0.39 is 0 Å². The SMILES string of the molecule is COc1ccc(C(C)(C)CNC(=O)CNC(=O)CN)cc1. The molecule has 0 fully saturated rings. The highest BCUT2D eigenvalue weighted by atomic mass is 16.5. The number of benzene rings is 1. The third kappa shape index (κ3) is 5.43. The van der Waals surface area contributed by atoms with Gasteiger partial charge in [-0.2, -0.15) is 0 Å². The quantitative estimate of drug-likeness (QED) is 0.668. The molecule has 0 atom stereocenters. The summed E-state index contributed by atoms with van der Waals surface area (Å²) in [4.78, 5) is 22.6. The molecule has 0 radical (unpaired) electrons. The lowest BCUT2D eigenvalue weighted by atomic mass is 9.84. The summed E-state index contributed by atoms with van der Waals surface area (Å²) < 4.78 is 5.12. The zero-order valence-corrected chi connectivity index (χ0v) is 12.7. The normalized spacial score (nSPS) is 10.9. The molecule has 21 heavy (non-hydrogen) atoms. The number of methoxy groups -OCH3 is 1. The van der Waals surface area contributed by atoms with Crippen LogP contribution in [0.1, 0.15) is 19.4 Å². The first-order valence-electron chi connectivity index (χ1n) is 6.77. The van der Waals surface area contributed by atoms with Gasteiger partial charge in [-0.3, -0.25) is 9.59 Å². The van der Waals surface area contributed by atoms with Gasteiger partial charge in [0.25, 0.3) is 0 Å². The third-order valence-corrected chi connectivity index (χ3v) is 3.23. The van der Waals surface area contributed by atoms with Gasteiger partial charge in [0, 0.05) is 12.0 Å². The largest absolute Gasteiger partial charge is 0.497 e. The average molecular weight is 293 g/mol. The fourth-order valence-electron chi connectivity index (χ4n) is 1.78. The fraction of sp³-hybridized carbons (Fsp3) is 0.467. The average Bonchev–Trinajstić information content (AvgIpc) is 2.50. The lowest BCUT2D eigenvalue weighted by molar-refractivity contribution is -0.125. The van der Waals surface area contributed by atoms with Crippen LogP contribution in [-0.2, 0) is 15.0 Å². The maximum Gasteiger partial charge on any atom is 0.239 e. The summed E-state index contributed by atoms with van der Waals surface area (Å²) in [5, 5.41) is 5.23. The van der Waals surface area contributed by atoms with E-state index in [1.807, 2.05) is 38.1 Å². The van der Waals surface area contributed by atoms with Crippen LogP contribution in [0.2, 0.25) is 0 Å². The van der Waals surface area contributed by atoms with E-state index in [9.17, 15) is 9.59 Å². The fourth-order valence-corrected chi connectivity index (χ4v) is 1.78. The number of hydrogen-bond acceptors (Lipinski definition) is 4. The van der Waals surface area contributed by atoms with Crippen LogP contribution < -0.4 is 21.1 Å². The van der Waals surface area contributed by atoms with Gasteiger partial charge in [-0.15, -0.1) is 0 Å². The molecule has 0 heterocycles. The number of amides is 2. The van der Waals surface area contributed by atoms with Crippen LogP contribution in [0.3, 0.4) is 0 Å².